The summed E-state index contributed by atoms with van der Waals surface area (Å²) in [6.45, 7) is 4.13. The lowest BCUT2D eigenvalue weighted by molar-refractivity contribution is -0.141. The first-order chi connectivity index (χ1) is 13.4. The molecule has 5 heteroatoms. The van der Waals surface area contributed by atoms with Crippen molar-refractivity contribution in [2.24, 2.45) is 0 Å². The van der Waals surface area contributed by atoms with Crippen molar-refractivity contribution in [3.8, 4) is 0 Å². The number of carboxylic acid groups (broad SMARTS) is 1. The molecule has 1 heterocycles. The van der Waals surface area contributed by atoms with E-state index in [1.165, 1.54) is 11.1 Å². The summed E-state index contributed by atoms with van der Waals surface area (Å²) < 4.78 is 0. The minimum atomic E-state index is -1.02. The van der Waals surface area contributed by atoms with E-state index in [9.17, 15) is 14.7 Å². The van der Waals surface area contributed by atoms with Gasteiger partial charge in [-0.05, 0) is 36.5 Å². The summed E-state index contributed by atoms with van der Waals surface area (Å²) in [4.78, 5) is 27.2. The van der Waals surface area contributed by atoms with Gasteiger partial charge in [0, 0.05) is 29.9 Å². The summed E-state index contributed by atoms with van der Waals surface area (Å²) in [6.07, 6.45) is 3.03. The lowest BCUT2D eigenvalue weighted by Gasteiger charge is -2.16. The number of nitrogens with one attached hydrogen (secondary N) is 2. The largest absolute Gasteiger partial charge is 0.480 e. The van der Waals surface area contributed by atoms with E-state index in [2.05, 4.69) is 41.5 Å². The number of carboxylic acids is 1. The second kappa shape index (κ2) is 8.74. The van der Waals surface area contributed by atoms with Crippen LogP contribution in [0.5, 0.6) is 0 Å². The SMILES string of the molecule is Cc1ccc(C(C)CCC(=O)NC(Cc2c[nH]c3ccccc23)C(=O)O)cc1. The summed E-state index contributed by atoms with van der Waals surface area (Å²) in [5.41, 5.74) is 4.23. The lowest BCUT2D eigenvalue weighted by Crippen LogP contribution is -2.42. The van der Waals surface area contributed by atoms with Crippen molar-refractivity contribution < 1.29 is 14.7 Å². The van der Waals surface area contributed by atoms with Gasteiger partial charge in [0.05, 0.1) is 0 Å². The van der Waals surface area contributed by atoms with Crippen LogP contribution in [0.15, 0.2) is 54.7 Å². The van der Waals surface area contributed by atoms with Crippen LogP contribution in [0.4, 0.5) is 0 Å². The van der Waals surface area contributed by atoms with Crippen molar-refractivity contribution in [1.82, 2.24) is 10.3 Å². The van der Waals surface area contributed by atoms with Crippen LogP contribution in [-0.4, -0.2) is 28.0 Å². The van der Waals surface area contributed by atoms with Gasteiger partial charge in [-0.3, -0.25) is 4.79 Å². The molecule has 2 unspecified atom stereocenters. The standard InChI is InChI=1S/C23H26N2O3/c1-15-7-10-17(11-8-15)16(2)9-12-22(26)25-21(23(27)28)13-18-14-24-20-6-4-3-5-19(18)20/h3-8,10-11,14,16,21,24H,9,12-13H2,1-2H3,(H,25,26)(H,27,28). The van der Waals surface area contributed by atoms with Crippen LogP contribution >= 0.6 is 0 Å². The van der Waals surface area contributed by atoms with E-state index in [4.69, 9.17) is 0 Å². The van der Waals surface area contributed by atoms with Crippen molar-refractivity contribution in [3.05, 3.63) is 71.4 Å². The van der Waals surface area contributed by atoms with Gasteiger partial charge in [-0.2, -0.15) is 0 Å². The molecule has 2 atom stereocenters. The second-order valence-electron chi connectivity index (χ2n) is 7.37. The van der Waals surface area contributed by atoms with Gasteiger partial charge in [0.25, 0.3) is 0 Å². The number of hydrogen-bond acceptors (Lipinski definition) is 2. The summed E-state index contributed by atoms with van der Waals surface area (Å²) in [5, 5.41) is 13.2. The Morgan fingerprint density at radius 2 is 1.82 bits per heavy atom. The molecular formula is C23H26N2O3. The normalized spacial score (nSPS) is 13.2. The monoisotopic (exact) mass is 378 g/mol. The highest BCUT2D eigenvalue weighted by atomic mass is 16.4. The lowest BCUT2D eigenvalue weighted by atomic mass is 9.95. The van der Waals surface area contributed by atoms with Gasteiger partial charge in [0.2, 0.25) is 5.91 Å². The molecule has 0 aliphatic heterocycles. The third kappa shape index (κ3) is 4.80. The van der Waals surface area contributed by atoms with E-state index in [1.54, 1.807) is 0 Å². The maximum absolute atomic E-state index is 12.4. The minimum Gasteiger partial charge on any atom is -0.480 e. The summed E-state index contributed by atoms with van der Waals surface area (Å²) in [7, 11) is 0. The molecule has 0 aliphatic rings. The highest BCUT2D eigenvalue weighted by Crippen LogP contribution is 2.22. The Kier molecular flexibility index (Phi) is 6.14. The number of aryl methyl sites for hydroxylation is 1. The molecule has 3 N–H and O–H groups in total. The number of carbonyl (C=O) groups excluding carboxylic acids is 1. The molecule has 1 amide bonds. The molecule has 0 fully saturated rings. The number of aromatic amines is 1. The first-order valence-corrected chi connectivity index (χ1v) is 9.57. The fraction of sp³-hybridized carbons (Fsp3) is 0.304. The fourth-order valence-electron chi connectivity index (χ4n) is 3.40. The molecule has 2 aromatic carbocycles. The number of H-pyrrole nitrogens is 1. The topological polar surface area (TPSA) is 82.2 Å². The zero-order valence-electron chi connectivity index (χ0n) is 16.2. The number of fused-ring (bicyclic) bond motifs is 1. The molecule has 3 aromatic rings. The van der Waals surface area contributed by atoms with Crippen LogP contribution < -0.4 is 5.32 Å². The molecule has 0 bridgehead atoms. The van der Waals surface area contributed by atoms with E-state index in [0.29, 0.717) is 12.8 Å². The molecule has 0 saturated carbocycles. The van der Waals surface area contributed by atoms with Crippen molar-refractivity contribution in [2.45, 2.75) is 45.1 Å². The highest BCUT2D eigenvalue weighted by Gasteiger charge is 2.22. The Morgan fingerprint density at radius 3 is 2.54 bits per heavy atom. The van der Waals surface area contributed by atoms with E-state index < -0.39 is 12.0 Å². The minimum absolute atomic E-state index is 0.230. The number of benzene rings is 2. The van der Waals surface area contributed by atoms with E-state index in [0.717, 1.165) is 16.5 Å². The van der Waals surface area contributed by atoms with Crippen LogP contribution in [0.2, 0.25) is 0 Å². The molecule has 146 valence electrons. The fourth-order valence-corrected chi connectivity index (χ4v) is 3.40. The molecule has 5 nitrogen and oxygen atoms in total. The summed E-state index contributed by atoms with van der Waals surface area (Å²) in [6, 6.07) is 15.1. The van der Waals surface area contributed by atoms with Gasteiger partial charge < -0.3 is 15.4 Å². The molecule has 1 aromatic heterocycles. The number of carbonyl (C=O) groups is 2. The van der Waals surface area contributed by atoms with Crippen LogP contribution in [0.3, 0.4) is 0 Å². The number of aliphatic carboxylic acids is 1. The number of amides is 1. The quantitative estimate of drug-likeness (QED) is 0.550. The predicted molar refractivity (Wildman–Crippen MR) is 110 cm³/mol. The molecule has 28 heavy (non-hydrogen) atoms. The van der Waals surface area contributed by atoms with Gasteiger partial charge in [0.1, 0.15) is 6.04 Å². The van der Waals surface area contributed by atoms with Gasteiger partial charge in [-0.25, -0.2) is 4.79 Å². The number of hydrogen-bond donors (Lipinski definition) is 3. The maximum atomic E-state index is 12.4. The van der Waals surface area contributed by atoms with Gasteiger partial charge >= 0.3 is 5.97 Å². The van der Waals surface area contributed by atoms with Crippen LogP contribution in [0.25, 0.3) is 10.9 Å². The van der Waals surface area contributed by atoms with Crippen molar-refractivity contribution in [3.63, 3.8) is 0 Å². The van der Waals surface area contributed by atoms with Crippen LogP contribution in [0, 0.1) is 6.92 Å². The van der Waals surface area contributed by atoms with E-state index in [1.807, 2.05) is 37.4 Å². The van der Waals surface area contributed by atoms with Crippen molar-refractivity contribution >= 4 is 22.8 Å². The Bertz CT molecular complexity index is 959. The molecule has 0 saturated heterocycles. The van der Waals surface area contributed by atoms with Gasteiger partial charge in [-0.1, -0.05) is 55.0 Å². The van der Waals surface area contributed by atoms with Crippen LogP contribution in [-0.2, 0) is 16.0 Å². The summed E-state index contributed by atoms with van der Waals surface area (Å²) in [5.74, 6) is -1.01. The number of aromatic nitrogens is 1. The third-order valence-corrected chi connectivity index (χ3v) is 5.18. The highest BCUT2D eigenvalue weighted by molar-refractivity contribution is 5.86. The molecule has 0 radical (unpaired) electrons. The van der Waals surface area contributed by atoms with Crippen molar-refractivity contribution in [2.75, 3.05) is 0 Å². The Hall–Kier alpha value is -3.08. The van der Waals surface area contributed by atoms with Gasteiger partial charge in [0.15, 0.2) is 0 Å². The molecule has 3 rings (SSSR count). The first kappa shape index (κ1) is 19.7. The number of para-hydroxylation sites is 1. The second-order valence-corrected chi connectivity index (χ2v) is 7.37. The zero-order valence-corrected chi connectivity index (χ0v) is 16.2. The Labute approximate surface area is 164 Å². The average molecular weight is 378 g/mol. The first-order valence-electron chi connectivity index (χ1n) is 9.57. The average Bonchev–Trinajstić information content (AvgIpc) is 3.09. The molecule has 0 spiro atoms. The Balaban J connectivity index is 1.58. The predicted octanol–water partition coefficient (Wildman–Crippen LogP) is 4.17. The van der Waals surface area contributed by atoms with E-state index in [-0.39, 0.29) is 18.2 Å². The van der Waals surface area contributed by atoms with Gasteiger partial charge in [-0.15, -0.1) is 0 Å². The smallest absolute Gasteiger partial charge is 0.326 e. The third-order valence-electron chi connectivity index (χ3n) is 5.18. The number of rotatable bonds is 8. The van der Waals surface area contributed by atoms with E-state index >= 15 is 0 Å². The van der Waals surface area contributed by atoms with Crippen molar-refractivity contribution in [1.29, 1.82) is 0 Å². The maximum Gasteiger partial charge on any atom is 0.326 e. The zero-order chi connectivity index (χ0) is 20.1. The van der Waals surface area contributed by atoms with Crippen LogP contribution in [0.1, 0.15) is 42.4 Å². The molecular weight excluding hydrogens is 352 g/mol. The summed E-state index contributed by atoms with van der Waals surface area (Å²) >= 11 is 0. The Morgan fingerprint density at radius 1 is 1.11 bits per heavy atom. The molecule has 0 aliphatic carbocycles.